The number of hydrogen-bond acceptors (Lipinski definition) is 5. The third kappa shape index (κ3) is 47.7. The van der Waals surface area contributed by atoms with E-state index in [1.807, 2.05) is 0 Å². The van der Waals surface area contributed by atoms with Gasteiger partial charge in [0.25, 0.3) is 0 Å². The first kappa shape index (κ1) is 59.3. The van der Waals surface area contributed by atoms with Crippen LogP contribution >= 0.6 is 0 Å². The molecule has 0 aromatic rings. The van der Waals surface area contributed by atoms with Gasteiger partial charge < -0.3 is 20.3 Å². The second kappa shape index (κ2) is 51.0. The molecule has 61 heavy (non-hydrogen) atoms. The van der Waals surface area contributed by atoms with E-state index in [4.69, 9.17) is 4.74 Å². The van der Waals surface area contributed by atoms with Crippen LogP contribution < -0.4 is 5.32 Å². The Morgan fingerprint density at radius 2 is 0.820 bits per heavy atom. The Hall–Kier alpha value is -1.66. The normalized spacial score (nSPS) is 12.8. The van der Waals surface area contributed by atoms with Crippen LogP contribution in [0.2, 0.25) is 0 Å². The van der Waals surface area contributed by atoms with Gasteiger partial charge in [0.15, 0.2) is 0 Å². The Bertz CT molecular complexity index is 951. The highest BCUT2D eigenvalue weighted by Crippen LogP contribution is 2.17. The Kier molecular flexibility index (Phi) is 49.6. The van der Waals surface area contributed by atoms with Gasteiger partial charge in [-0.15, -0.1) is 0 Å². The number of allylic oxidation sites excluding steroid dienone is 4. The summed E-state index contributed by atoms with van der Waals surface area (Å²) in [5.74, 6) is -0.0446. The summed E-state index contributed by atoms with van der Waals surface area (Å²) in [7, 11) is 0. The van der Waals surface area contributed by atoms with E-state index in [1.165, 1.54) is 205 Å². The smallest absolute Gasteiger partial charge is 0.305 e. The molecular formula is C55H105NO5. The highest BCUT2D eigenvalue weighted by atomic mass is 16.5. The molecule has 0 heterocycles. The van der Waals surface area contributed by atoms with Gasteiger partial charge in [-0.3, -0.25) is 9.59 Å². The standard InChI is InChI=1S/C55H105NO5/c1-3-5-7-9-11-13-15-16-17-19-23-26-29-33-37-41-45-49-55(60)61-50-46-42-38-34-30-27-24-21-18-20-22-25-28-32-36-40-44-48-54(59)56-52(51-57)53(58)47-43-39-35-31-14-12-10-8-6-4-2/h11,13,16-17,52-53,57-58H,3-10,12,14-15,18-51H2,1-2H3,(H,56,59)/b13-11-,17-16-. The topological polar surface area (TPSA) is 95.9 Å². The maximum absolute atomic E-state index is 12.4. The summed E-state index contributed by atoms with van der Waals surface area (Å²) in [6, 6.07) is -0.544. The lowest BCUT2D eigenvalue weighted by Gasteiger charge is -2.22. The molecular weight excluding hydrogens is 755 g/mol. The van der Waals surface area contributed by atoms with Crippen LogP contribution in [0.4, 0.5) is 0 Å². The summed E-state index contributed by atoms with van der Waals surface area (Å²) in [6.45, 7) is 4.90. The average Bonchev–Trinajstić information content (AvgIpc) is 3.26. The van der Waals surface area contributed by atoms with Gasteiger partial charge in [-0.1, -0.05) is 244 Å². The van der Waals surface area contributed by atoms with Gasteiger partial charge >= 0.3 is 5.97 Å². The van der Waals surface area contributed by atoms with E-state index in [0.29, 0.717) is 25.9 Å². The number of hydrogen-bond donors (Lipinski definition) is 3. The van der Waals surface area contributed by atoms with Crippen molar-refractivity contribution in [3.05, 3.63) is 24.3 Å². The van der Waals surface area contributed by atoms with Crippen LogP contribution in [0.1, 0.15) is 290 Å². The van der Waals surface area contributed by atoms with Crippen LogP contribution in [-0.4, -0.2) is 47.4 Å². The highest BCUT2D eigenvalue weighted by Gasteiger charge is 2.20. The van der Waals surface area contributed by atoms with E-state index in [0.717, 1.165) is 51.4 Å². The second-order valence-electron chi connectivity index (χ2n) is 18.6. The number of amides is 1. The number of aliphatic hydroxyl groups is 2. The summed E-state index contributed by atoms with van der Waals surface area (Å²) in [5.41, 5.74) is 0. The van der Waals surface area contributed by atoms with Crippen LogP contribution in [0.25, 0.3) is 0 Å². The molecule has 0 fully saturated rings. The lowest BCUT2D eigenvalue weighted by molar-refractivity contribution is -0.143. The number of aliphatic hydroxyl groups excluding tert-OH is 2. The Labute approximate surface area is 380 Å². The number of nitrogens with one attached hydrogen (secondary N) is 1. The number of carbonyl (C=O) groups excluding carboxylic acids is 2. The molecule has 360 valence electrons. The summed E-state index contributed by atoms with van der Waals surface area (Å²) in [5, 5.41) is 23.1. The zero-order chi connectivity index (χ0) is 44.4. The van der Waals surface area contributed by atoms with Gasteiger partial charge in [-0.25, -0.2) is 0 Å². The van der Waals surface area contributed by atoms with Crippen molar-refractivity contribution in [2.45, 2.75) is 302 Å². The van der Waals surface area contributed by atoms with Crippen molar-refractivity contribution in [1.29, 1.82) is 0 Å². The summed E-state index contributed by atoms with van der Waals surface area (Å²) >= 11 is 0. The van der Waals surface area contributed by atoms with E-state index < -0.39 is 12.1 Å². The Morgan fingerprint density at radius 3 is 1.28 bits per heavy atom. The van der Waals surface area contributed by atoms with E-state index in [9.17, 15) is 19.8 Å². The zero-order valence-electron chi connectivity index (χ0n) is 40.9. The molecule has 6 nitrogen and oxygen atoms in total. The second-order valence-corrected chi connectivity index (χ2v) is 18.6. The largest absolute Gasteiger partial charge is 0.466 e. The lowest BCUT2D eigenvalue weighted by Crippen LogP contribution is -2.45. The maximum Gasteiger partial charge on any atom is 0.305 e. The molecule has 0 aromatic heterocycles. The minimum atomic E-state index is -0.666. The van der Waals surface area contributed by atoms with Crippen LogP contribution in [0.15, 0.2) is 24.3 Å². The van der Waals surface area contributed by atoms with Crippen molar-refractivity contribution in [1.82, 2.24) is 5.32 Å². The number of carbonyl (C=O) groups is 2. The van der Waals surface area contributed by atoms with Crippen LogP contribution in [-0.2, 0) is 14.3 Å². The predicted molar refractivity (Wildman–Crippen MR) is 264 cm³/mol. The van der Waals surface area contributed by atoms with Crippen molar-refractivity contribution in [2.75, 3.05) is 13.2 Å². The molecule has 0 aliphatic carbocycles. The minimum Gasteiger partial charge on any atom is -0.466 e. The summed E-state index contributed by atoms with van der Waals surface area (Å²) < 4.78 is 5.48. The molecule has 0 saturated carbocycles. The monoisotopic (exact) mass is 860 g/mol. The number of ether oxygens (including phenoxy) is 1. The molecule has 1 amide bonds. The zero-order valence-corrected chi connectivity index (χ0v) is 40.9. The first-order valence-electron chi connectivity index (χ1n) is 27.1. The molecule has 2 atom stereocenters. The number of unbranched alkanes of at least 4 members (excludes halogenated alkanes) is 35. The van der Waals surface area contributed by atoms with Crippen molar-refractivity contribution >= 4 is 11.9 Å². The quantitative estimate of drug-likeness (QED) is 0.0322. The lowest BCUT2D eigenvalue weighted by atomic mass is 10.0. The molecule has 0 aliphatic heterocycles. The fraction of sp³-hybridized carbons (Fsp3) is 0.891. The van der Waals surface area contributed by atoms with Crippen molar-refractivity contribution < 1.29 is 24.5 Å². The van der Waals surface area contributed by atoms with Gasteiger partial charge in [0, 0.05) is 12.8 Å². The van der Waals surface area contributed by atoms with E-state index in [1.54, 1.807) is 0 Å². The Balaban J connectivity index is 3.39. The van der Waals surface area contributed by atoms with E-state index in [-0.39, 0.29) is 18.5 Å². The summed E-state index contributed by atoms with van der Waals surface area (Å²) in [4.78, 5) is 24.5. The molecule has 2 unspecified atom stereocenters. The van der Waals surface area contributed by atoms with Crippen molar-refractivity contribution in [2.24, 2.45) is 0 Å². The van der Waals surface area contributed by atoms with Crippen LogP contribution in [0.3, 0.4) is 0 Å². The molecule has 0 aliphatic rings. The van der Waals surface area contributed by atoms with Gasteiger partial charge in [-0.2, -0.15) is 0 Å². The van der Waals surface area contributed by atoms with Crippen molar-refractivity contribution in [3.8, 4) is 0 Å². The fourth-order valence-electron chi connectivity index (χ4n) is 8.32. The highest BCUT2D eigenvalue weighted by molar-refractivity contribution is 5.76. The van der Waals surface area contributed by atoms with Crippen molar-refractivity contribution in [3.63, 3.8) is 0 Å². The molecule has 0 spiro atoms. The average molecular weight is 860 g/mol. The first-order chi connectivity index (χ1) is 30.0. The fourth-order valence-corrected chi connectivity index (χ4v) is 8.32. The molecule has 0 rings (SSSR count). The summed E-state index contributed by atoms with van der Waals surface area (Å²) in [6.07, 6.45) is 60.1. The molecule has 0 bridgehead atoms. The molecule has 3 N–H and O–H groups in total. The number of rotatable bonds is 50. The first-order valence-corrected chi connectivity index (χ1v) is 27.1. The van der Waals surface area contributed by atoms with Gasteiger partial charge in [0.1, 0.15) is 0 Å². The molecule has 0 saturated heterocycles. The number of esters is 1. The molecule has 6 heteroatoms. The van der Waals surface area contributed by atoms with Crippen LogP contribution in [0.5, 0.6) is 0 Å². The van der Waals surface area contributed by atoms with Crippen LogP contribution in [0, 0.1) is 0 Å². The predicted octanol–water partition coefficient (Wildman–Crippen LogP) is 16.3. The van der Waals surface area contributed by atoms with Gasteiger partial charge in [0.2, 0.25) is 5.91 Å². The van der Waals surface area contributed by atoms with E-state index in [2.05, 4.69) is 43.5 Å². The SMILES string of the molecule is CCCCC/C=C\C/C=C\CCCCCCCCCC(=O)OCCCCCCCCCCCCCCCCCCCC(=O)NC(CO)C(O)CCCCCCCCCCCC. The van der Waals surface area contributed by atoms with E-state index >= 15 is 0 Å². The van der Waals surface area contributed by atoms with Gasteiger partial charge in [-0.05, 0) is 57.8 Å². The molecule has 0 radical (unpaired) electrons. The Morgan fingerprint density at radius 1 is 0.459 bits per heavy atom. The minimum absolute atomic E-state index is 0.00257. The third-order valence-corrected chi connectivity index (χ3v) is 12.5. The third-order valence-electron chi connectivity index (χ3n) is 12.5. The maximum atomic E-state index is 12.4. The molecule has 0 aromatic carbocycles. The van der Waals surface area contributed by atoms with Gasteiger partial charge in [0.05, 0.1) is 25.4 Å².